The van der Waals surface area contributed by atoms with Crippen molar-refractivity contribution in [3.63, 3.8) is 0 Å². The fourth-order valence-corrected chi connectivity index (χ4v) is 1.21. The van der Waals surface area contributed by atoms with Crippen LogP contribution in [0.1, 0.15) is 5.56 Å². The Morgan fingerprint density at radius 3 is 3.15 bits per heavy atom. The molecule has 1 aromatic carbocycles. The van der Waals surface area contributed by atoms with Crippen LogP contribution in [0.25, 0.3) is 0 Å². The third-order valence-electron chi connectivity index (χ3n) is 1.91. The van der Waals surface area contributed by atoms with Gasteiger partial charge in [-0.25, -0.2) is 0 Å². The summed E-state index contributed by atoms with van der Waals surface area (Å²) in [6, 6.07) is 5.36. The van der Waals surface area contributed by atoms with Gasteiger partial charge < -0.3 is 14.5 Å². The highest BCUT2D eigenvalue weighted by Crippen LogP contribution is 2.11. The Morgan fingerprint density at radius 1 is 1.54 bits per heavy atom. The SMILES string of the molecule is COc1ccc2c(c1)B(O)ON=C2. The van der Waals surface area contributed by atoms with E-state index in [0.717, 1.165) is 5.56 Å². The minimum atomic E-state index is -0.991. The molecule has 0 radical (unpaired) electrons. The van der Waals surface area contributed by atoms with E-state index in [1.807, 2.05) is 12.1 Å². The van der Waals surface area contributed by atoms with E-state index in [9.17, 15) is 5.02 Å². The van der Waals surface area contributed by atoms with Crippen LogP contribution in [-0.4, -0.2) is 25.5 Å². The molecule has 1 aromatic rings. The van der Waals surface area contributed by atoms with Crippen LogP contribution >= 0.6 is 0 Å². The minimum Gasteiger partial charge on any atom is -0.497 e. The van der Waals surface area contributed by atoms with Gasteiger partial charge in [0.1, 0.15) is 5.75 Å². The summed E-state index contributed by atoms with van der Waals surface area (Å²) < 4.78 is 9.69. The van der Waals surface area contributed by atoms with E-state index in [2.05, 4.69) is 9.91 Å². The van der Waals surface area contributed by atoms with Crippen molar-refractivity contribution in [2.45, 2.75) is 0 Å². The van der Waals surface area contributed by atoms with Gasteiger partial charge in [-0.15, -0.1) is 5.16 Å². The van der Waals surface area contributed by atoms with Gasteiger partial charge in [0.2, 0.25) is 0 Å². The number of hydrogen-bond acceptors (Lipinski definition) is 4. The zero-order valence-electron chi connectivity index (χ0n) is 7.10. The Balaban J connectivity index is 2.48. The normalized spacial score (nSPS) is 13.5. The topological polar surface area (TPSA) is 51.0 Å². The van der Waals surface area contributed by atoms with E-state index in [1.165, 1.54) is 0 Å². The molecule has 66 valence electrons. The molecular formula is C8H8BNO3. The van der Waals surface area contributed by atoms with Crippen molar-refractivity contribution >= 4 is 18.8 Å². The first-order valence-electron chi connectivity index (χ1n) is 3.86. The second kappa shape index (κ2) is 3.10. The Bertz CT molecular complexity index is 353. The quantitative estimate of drug-likeness (QED) is 0.601. The molecule has 0 aliphatic carbocycles. The lowest BCUT2D eigenvalue weighted by Gasteiger charge is -2.13. The second-order valence-corrected chi connectivity index (χ2v) is 2.69. The van der Waals surface area contributed by atoms with Crippen LogP contribution in [0.4, 0.5) is 0 Å². The van der Waals surface area contributed by atoms with E-state index in [0.29, 0.717) is 11.2 Å². The standard InChI is InChI=1S/C8H8BNO3/c1-12-7-3-2-6-5-10-13-9(11)8(6)4-7/h2-5,11H,1H3. The van der Waals surface area contributed by atoms with Crippen LogP contribution in [0.15, 0.2) is 23.4 Å². The minimum absolute atomic E-state index is 0.675. The fraction of sp³-hybridized carbons (Fsp3) is 0.125. The summed E-state index contributed by atoms with van der Waals surface area (Å²) in [4.78, 5) is 0. The van der Waals surface area contributed by atoms with E-state index in [4.69, 9.17) is 4.74 Å². The van der Waals surface area contributed by atoms with Crippen molar-refractivity contribution < 1.29 is 14.5 Å². The third kappa shape index (κ3) is 1.38. The second-order valence-electron chi connectivity index (χ2n) is 2.69. The first-order chi connectivity index (χ1) is 6.31. The molecule has 0 aromatic heterocycles. The van der Waals surface area contributed by atoms with Gasteiger partial charge in [-0.3, -0.25) is 0 Å². The average Bonchev–Trinajstić information content (AvgIpc) is 2.18. The number of oxime groups is 1. The van der Waals surface area contributed by atoms with Crippen LogP contribution in [0, 0.1) is 0 Å². The first kappa shape index (κ1) is 8.13. The van der Waals surface area contributed by atoms with Crippen molar-refractivity contribution in [2.75, 3.05) is 7.11 Å². The molecule has 0 spiro atoms. The molecule has 13 heavy (non-hydrogen) atoms. The fourth-order valence-electron chi connectivity index (χ4n) is 1.21. The molecule has 0 fully saturated rings. The van der Waals surface area contributed by atoms with Crippen molar-refractivity contribution in [1.82, 2.24) is 0 Å². The monoisotopic (exact) mass is 177 g/mol. The van der Waals surface area contributed by atoms with Crippen molar-refractivity contribution in [3.8, 4) is 5.75 Å². The smallest absolute Gasteiger partial charge is 0.497 e. The van der Waals surface area contributed by atoms with Gasteiger partial charge in [-0.05, 0) is 23.8 Å². The maximum absolute atomic E-state index is 9.39. The average molecular weight is 177 g/mol. The van der Waals surface area contributed by atoms with Crippen molar-refractivity contribution in [1.29, 1.82) is 0 Å². The Morgan fingerprint density at radius 2 is 2.38 bits per heavy atom. The number of fused-ring (bicyclic) bond motifs is 1. The lowest BCUT2D eigenvalue weighted by molar-refractivity contribution is 0.286. The Kier molecular flexibility index (Phi) is 1.94. The molecule has 0 unspecified atom stereocenters. The van der Waals surface area contributed by atoms with E-state index in [1.54, 1.807) is 19.4 Å². The largest absolute Gasteiger partial charge is 0.583 e. The van der Waals surface area contributed by atoms with Gasteiger partial charge >= 0.3 is 7.12 Å². The summed E-state index contributed by atoms with van der Waals surface area (Å²) in [6.07, 6.45) is 1.56. The van der Waals surface area contributed by atoms with Gasteiger partial charge in [-0.2, -0.15) is 0 Å². The zero-order chi connectivity index (χ0) is 9.26. The van der Waals surface area contributed by atoms with Crippen molar-refractivity contribution in [3.05, 3.63) is 23.8 Å². The van der Waals surface area contributed by atoms with Crippen molar-refractivity contribution in [2.24, 2.45) is 5.16 Å². The van der Waals surface area contributed by atoms with Gasteiger partial charge in [0.25, 0.3) is 0 Å². The zero-order valence-corrected chi connectivity index (χ0v) is 7.10. The number of methoxy groups -OCH3 is 1. The van der Waals surface area contributed by atoms with Gasteiger partial charge in [0.05, 0.1) is 13.3 Å². The molecule has 5 heteroatoms. The number of rotatable bonds is 1. The predicted octanol–water partition coefficient (Wildman–Crippen LogP) is -0.253. The number of hydrogen-bond donors (Lipinski definition) is 1. The van der Waals surface area contributed by atoms with Gasteiger partial charge in [-0.1, -0.05) is 0 Å². The van der Waals surface area contributed by atoms with Crippen LogP contribution in [0.5, 0.6) is 5.75 Å². The van der Waals surface area contributed by atoms with Crippen LogP contribution < -0.4 is 10.2 Å². The number of ether oxygens (including phenoxy) is 1. The molecule has 0 bridgehead atoms. The highest BCUT2D eigenvalue weighted by molar-refractivity contribution is 6.62. The summed E-state index contributed by atoms with van der Waals surface area (Å²) >= 11 is 0. The highest BCUT2D eigenvalue weighted by atomic mass is 16.6. The van der Waals surface area contributed by atoms with E-state index in [-0.39, 0.29) is 0 Å². The van der Waals surface area contributed by atoms with Gasteiger partial charge in [0, 0.05) is 5.46 Å². The van der Waals surface area contributed by atoms with Gasteiger partial charge in [0.15, 0.2) is 0 Å². The summed E-state index contributed by atoms with van der Waals surface area (Å²) in [5.41, 5.74) is 1.52. The van der Waals surface area contributed by atoms with Crippen LogP contribution in [-0.2, 0) is 4.76 Å². The van der Waals surface area contributed by atoms with E-state index < -0.39 is 7.12 Å². The molecule has 1 N–H and O–H groups in total. The van der Waals surface area contributed by atoms with E-state index >= 15 is 0 Å². The molecule has 2 rings (SSSR count). The molecule has 0 amide bonds. The molecule has 0 atom stereocenters. The lowest BCUT2D eigenvalue weighted by Crippen LogP contribution is -2.37. The molecule has 1 aliphatic rings. The molecular weight excluding hydrogens is 169 g/mol. The Labute approximate surface area is 75.9 Å². The third-order valence-corrected chi connectivity index (χ3v) is 1.91. The molecule has 0 saturated carbocycles. The summed E-state index contributed by atoms with van der Waals surface area (Å²) in [7, 11) is 0.585. The molecule has 1 aliphatic heterocycles. The maximum atomic E-state index is 9.39. The highest BCUT2D eigenvalue weighted by Gasteiger charge is 2.25. The Hall–Kier alpha value is -1.49. The summed E-state index contributed by atoms with van der Waals surface area (Å²) in [6.45, 7) is 0. The van der Waals surface area contributed by atoms with Crippen LogP contribution in [0.3, 0.4) is 0 Å². The summed E-state index contributed by atoms with van der Waals surface area (Å²) in [5.74, 6) is 0.691. The lowest BCUT2D eigenvalue weighted by atomic mass is 9.76. The predicted molar refractivity (Wildman–Crippen MR) is 49.3 cm³/mol. The molecule has 0 saturated heterocycles. The maximum Gasteiger partial charge on any atom is 0.583 e. The number of benzene rings is 1. The van der Waals surface area contributed by atoms with Crippen LogP contribution in [0.2, 0.25) is 0 Å². The number of nitrogens with zero attached hydrogens (tertiary/aromatic N) is 1. The molecule has 1 heterocycles. The summed E-state index contributed by atoms with van der Waals surface area (Å²) in [5, 5.41) is 12.9. The first-order valence-corrected chi connectivity index (χ1v) is 3.86. The molecule has 4 nitrogen and oxygen atoms in total.